The van der Waals surface area contributed by atoms with Gasteiger partial charge in [-0.3, -0.25) is 4.90 Å². The highest BCUT2D eigenvalue weighted by atomic mass is 15.1. The molecular formula is C16H24N2. The van der Waals surface area contributed by atoms with Crippen molar-refractivity contribution >= 4 is 5.69 Å². The van der Waals surface area contributed by atoms with Crippen LogP contribution in [0.3, 0.4) is 0 Å². The van der Waals surface area contributed by atoms with Crippen molar-refractivity contribution in [2.45, 2.75) is 33.2 Å². The zero-order valence-electron chi connectivity index (χ0n) is 11.6. The molecule has 1 N–H and O–H groups in total. The third kappa shape index (κ3) is 3.36. The van der Waals surface area contributed by atoms with Gasteiger partial charge in [-0.05, 0) is 43.5 Å². The third-order valence-corrected chi connectivity index (χ3v) is 3.45. The van der Waals surface area contributed by atoms with Gasteiger partial charge < -0.3 is 5.32 Å². The average molecular weight is 244 g/mol. The van der Waals surface area contributed by atoms with Gasteiger partial charge in [-0.2, -0.15) is 0 Å². The van der Waals surface area contributed by atoms with Crippen molar-refractivity contribution in [2.75, 3.05) is 25.0 Å². The highest BCUT2D eigenvalue weighted by molar-refractivity contribution is 5.54. The lowest BCUT2D eigenvalue weighted by atomic mass is 10.0. The first-order valence-corrected chi connectivity index (χ1v) is 6.91. The maximum Gasteiger partial charge on any atom is 0.0372 e. The van der Waals surface area contributed by atoms with Crippen molar-refractivity contribution in [3.63, 3.8) is 0 Å². The van der Waals surface area contributed by atoms with Crippen LogP contribution >= 0.6 is 0 Å². The molecule has 2 nitrogen and oxygen atoms in total. The van der Waals surface area contributed by atoms with Crippen molar-refractivity contribution in [3.05, 3.63) is 41.5 Å². The molecule has 0 saturated carbocycles. The summed E-state index contributed by atoms with van der Waals surface area (Å²) in [5.41, 5.74) is 5.45. The third-order valence-electron chi connectivity index (χ3n) is 3.45. The first-order chi connectivity index (χ1) is 8.69. The maximum absolute atomic E-state index is 4.00. The fraction of sp³-hybridized carbons (Fsp3) is 0.500. The molecule has 98 valence electrons. The minimum Gasteiger partial charge on any atom is -0.385 e. The number of fused-ring (bicyclic) bond motifs is 1. The van der Waals surface area contributed by atoms with E-state index in [1.54, 1.807) is 0 Å². The molecule has 1 heterocycles. The molecule has 0 saturated heterocycles. The lowest BCUT2D eigenvalue weighted by Crippen LogP contribution is -2.24. The Bertz CT molecular complexity index is 423. The van der Waals surface area contributed by atoms with Gasteiger partial charge in [0.2, 0.25) is 0 Å². The summed E-state index contributed by atoms with van der Waals surface area (Å²) in [4.78, 5) is 2.43. The van der Waals surface area contributed by atoms with Gasteiger partial charge in [0.1, 0.15) is 0 Å². The predicted molar refractivity (Wildman–Crippen MR) is 79.0 cm³/mol. The van der Waals surface area contributed by atoms with E-state index in [9.17, 15) is 0 Å². The summed E-state index contributed by atoms with van der Waals surface area (Å²) in [6.45, 7) is 12.5. The van der Waals surface area contributed by atoms with Crippen molar-refractivity contribution < 1.29 is 0 Å². The average Bonchev–Trinajstić information content (AvgIpc) is 2.37. The second-order valence-electron chi connectivity index (χ2n) is 5.28. The number of nitrogens with one attached hydrogen (secondary N) is 1. The van der Waals surface area contributed by atoms with Gasteiger partial charge in [-0.1, -0.05) is 31.2 Å². The monoisotopic (exact) mass is 244 g/mol. The number of aryl methyl sites for hydroxylation is 1. The summed E-state index contributed by atoms with van der Waals surface area (Å²) < 4.78 is 0. The number of anilines is 1. The summed E-state index contributed by atoms with van der Waals surface area (Å²) in [5.74, 6) is 0. The fourth-order valence-electron chi connectivity index (χ4n) is 2.55. The highest BCUT2D eigenvalue weighted by Crippen LogP contribution is 2.23. The van der Waals surface area contributed by atoms with Crippen LogP contribution in [0.1, 0.15) is 31.4 Å². The van der Waals surface area contributed by atoms with E-state index in [1.165, 1.54) is 35.2 Å². The van der Waals surface area contributed by atoms with E-state index in [-0.39, 0.29) is 0 Å². The molecule has 0 amide bonds. The Balaban J connectivity index is 2.06. The lowest BCUT2D eigenvalue weighted by molar-refractivity contribution is 0.304. The highest BCUT2D eigenvalue weighted by Gasteiger charge is 2.10. The van der Waals surface area contributed by atoms with Crippen molar-refractivity contribution in [1.82, 2.24) is 4.90 Å². The lowest BCUT2D eigenvalue weighted by Gasteiger charge is -2.23. The molecule has 18 heavy (non-hydrogen) atoms. The van der Waals surface area contributed by atoms with Crippen molar-refractivity contribution in [2.24, 2.45) is 0 Å². The van der Waals surface area contributed by atoms with Crippen LogP contribution in [0.15, 0.2) is 30.4 Å². The summed E-state index contributed by atoms with van der Waals surface area (Å²) >= 11 is 0. The van der Waals surface area contributed by atoms with E-state index in [0.717, 1.165) is 26.2 Å². The normalized spacial score (nSPS) is 14.2. The number of hydrogen-bond donors (Lipinski definition) is 1. The van der Waals surface area contributed by atoms with Gasteiger partial charge in [0.15, 0.2) is 0 Å². The van der Waals surface area contributed by atoms with Crippen LogP contribution in [-0.2, 0) is 13.0 Å². The Hall–Kier alpha value is -1.28. The molecule has 1 aromatic rings. The van der Waals surface area contributed by atoms with Gasteiger partial charge >= 0.3 is 0 Å². The largest absolute Gasteiger partial charge is 0.385 e. The molecule has 0 aliphatic carbocycles. The van der Waals surface area contributed by atoms with Gasteiger partial charge in [0.25, 0.3) is 0 Å². The van der Waals surface area contributed by atoms with Crippen LogP contribution in [0.4, 0.5) is 5.69 Å². The van der Waals surface area contributed by atoms with Gasteiger partial charge in [-0.15, -0.1) is 0 Å². The smallest absolute Gasteiger partial charge is 0.0372 e. The fourth-order valence-corrected chi connectivity index (χ4v) is 2.55. The van der Waals surface area contributed by atoms with Crippen LogP contribution in [-0.4, -0.2) is 24.5 Å². The molecule has 0 fully saturated rings. The molecule has 1 aliphatic heterocycles. The molecular weight excluding hydrogens is 220 g/mol. The molecule has 0 unspecified atom stereocenters. The quantitative estimate of drug-likeness (QED) is 0.798. The molecule has 2 rings (SSSR count). The Labute approximate surface area is 111 Å². The van der Waals surface area contributed by atoms with Crippen LogP contribution in [0, 0.1) is 0 Å². The van der Waals surface area contributed by atoms with Gasteiger partial charge in [0.05, 0.1) is 0 Å². The molecule has 1 aliphatic rings. The van der Waals surface area contributed by atoms with E-state index >= 15 is 0 Å². The molecule has 0 radical (unpaired) electrons. The zero-order valence-corrected chi connectivity index (χ0v) is 11.6. The number of benzene rings is 1. The van der Waals surface area contributed by atoms with Crippen LogP contribution in [0.25, 0.3) is 0 Å². The molecule has 1 aromatic carbocycles. The van der Waals surface area contributed by atoms with E-state index in [2.05, 4.69) is 48.8 Å². The summed E-state index contributed by atoms with van der Waals surface area (Å²) in [6, 6.07) is 6.85. The van der Waals surface area contributed by atoms with E-state index in [4.69, 9.17) is 0 Å². The first kappa shape index (κ1) is 13.2. The summed E-state index contributed by atoms with van der Waals surface area (Å²) in [7, 11) is 0. The Morgan fingerprint density at radius 1 is 1.44 bits per heavy atom. The van der Waals surface area contributed by atoms with E-state index < -0.39 is 0 Å². The Kier molecular flexibility index (Phi) is 4.43. The Morgan fingerprint density at radius 3 is 3.00 bits per heavy atom. The molecule has 0 atom stereocenters. The van der Waals surface area contributed by atoms with Crippen LogP contribution in [0.5, 0.6) is 0 Å². The molecule has 2 heteroatoms. The van der Waals surface area contributed by atoms with Gasteiger partial charge in [-0.25, -0.2) is 0 Å². The summed E-state index contributed by atoms with van der Waals surface area (Å²) in [5, 5.41) is 3.46. The van der Waals surface area contributed by atoms with E-state index in [0.29, 0.717) is 0 Å². The number of nitrogens with zero attached hydrogens (tertiary/aromatic N) is 1. The SMILES string of the molecule is C=C(C)CN(CC)Cc1ccc2c(c1)CCCN2. The van der Waals surface area contributed by atoms with Crippen LogP contribution in [0.2, 0.25) is 0 Å². The van der Waals surface area contributed by atoms with Crippen molar-refractivity contribution in [3.8, 4) is 0 Å². The predicted octanol–water partition coefficient (Wildman–Crippen LogP) is 3.44. The first-order valence-electron chi connectivity index (χ1n) is 6.91. The topological polar surface area (TPSA) is 15.3 Å². The molecule has 0 bridgehead atoms. The standard InChI is InChI=1S/C16H24N2/c1-4-18(11-13(2)3)12-14-7-8-16-15(10-14)6-5-9-17-16/h7-8,10,17H,2,4-6,9,11-12H2,1,3H3. The second-order valence-corrected chi connectivity index (χ2v) is 5.28. The van der Waals surface area contributed by atoms with Crippen molar-refractivity contribution in [1.29, 1.82) is 0 Å². The minimum absolute atomic E-state index is 0.992. The summed E-state index contributed by atoms with van der Waals surface area (Å²) in [6.07, 6.45) is 2.46. The Morgan fingerprint density at radius 2 is 2.28 bits per heavy atom. The van der Waals surface area contributed by atoms with Crippen LogP contribution < -0.4 is 5.32 Å². The molecule has 0 aromatic heterocycles. The van der Waals surface area contributed by atoms with Gasteiger partial charge in [0, 0.05) is 25.3 Å². The number of rotatable bonds is 5. The van der Waals surface area contributed by atoms with E-state index in [1.807, 2.05) is 0 Å². The minimum atomic E-state index is 0.992. The number of hydrogen-bond acceptors (Lipinski definition) is 2. The maximum atomic E-state index is 4.00. The molecule has 0 spiro atoms. The number of likely N-dealkylation sites (N-methyl/N-ethyl adjacent to an activating group) is 1. The zero-order chi connectivity index (χ0) is 13.0. The second kappa shape index (κ2) is 6.05.